The van der Waals surface area contributed by atoms with Crippen molar-refractivity contribution in [2.45, 2.75) is 43.4 Å². The van der Waals surface area contributed by atoms with E-state index in [9.17, 15) is 4.79 Å². The second-order valence-electron chi connectivity index (χ2n) is 6.45. The van der Waals surface area contributed by atoms with Gasteiger partial charge in [0.25, 0.3) is 0 Å². The summed E-state index contributed by atoms with van der Waals surface area (Å²) in [5, 5.41) is 7.79. The van der Waals surface area contributed by atoms with E-state index in [1.54, 1.807) is 42.7 Å². The van der Waals surface area contributed by atoms with Crippen molar-refractivity contribution < 1.29 is 31.4 Å². The molecular weight excluding hydrogens is 460 g/mol. The Kier molecular flexibility index (Phi) is 13.0. The number of nitrogens with zero attached hydrogens (tertiary/aromatic N) is 3. The number of aromatic nitrogens is 3. The first-order chi connectivity index (χ1) is 14.9. The molecule has 1 amide bonds. The van der Waals surface area contributed by atoms with E-state index in [0.29, 0.717) is 42.5 Å². The van der Waals surface area contributed by atoms with E-state index in [4.69, 9.17) is 26.6 Å². The summed E-state index contributed by atoms with van der Waals surface area (Å²) in [6, 6.07) is 0.992. The van der Waals surface area contributed by atoms with Gasteiger partial charge in [0, 0.05) is 73.5 Å². The number of thioether (sulfide) groups is 1. The van der Waals surface area contributed by atoms with Gasteiger partial charge in [-0.3, -0.25) is 0 Å². The number of aryl methyl sites for hydroxylation is 1. The van der Waals surface area contributed by atoms with Gasteiger partial charge in [-0.25, -0.2) is 9.78 Å². The van der Waals surface area contributed by atoms with E-state index >= 15 is 0 Å². The summed E-state index contributed by atoms with van der Waals surface area (Å²) in [6.07, 6.45) is 2.08. The van der Waals surface area contributed by atoms with Gasteiger partial charge >= 0.3 is 23.6 Å². The van der Waals surface area contributed by atoms with Crippen molar-refractivity contribution in [1.82, 2.24) is 20.1 Å². The Labute approximate surface area is 191 Å². The summed E-state index contributed by atoms with van der Waals surface area (Å²) in [7, 11) is 4.31. The highest BCUT2D eigenvalue weighted by Crippen LogP contribution is 2.21. The van der Waals surface area contributed by atoms with Gasteiger partial charge in [-0.05, 0) is 12.8 Å². The van der Waals surface area contributed by atoms with E-state index in [0.717, 1.165) is 12.2 Å². The first-order valence-electron chi connectivity index (χ1n) is 10.1. The molecule has 1 aromatic heterocycles. The Morgan fingerprint density at radius 2 is 1.45 bits per heavy atom. The van der Waals surface area contributed by atoms with Crippen molar-refractivity contribution in [2.24, 2.45) is 0 Å². The van der Waals surface area contributed by atoms with E-state index in [-0.39, 0.29) is 6.03 Å². The van der Waals surface area contributed by atoms with E-state index in [1.807, 2.05) is 6.92 Å². The zero-order valence-electron chi connectivity index (χ0n) is 19.6. The van der Waals surface area contributed by atoms with E-state index in [2.05, 4.69) is 15.4 Å². The molecule has 0 aliphatic rings. The largest absolute Gasteiger partial charge is 0.500 e. The summed E-state index contributed by atoms with van der Waals surface area (Å²) in [5.41, 5.74) is 0. The third-order valence-corrected chi connectivity index (χ3v) is 11.4. The molecule has 1 rings (SSSR count). The number of hydrogen-bond acceptors (Lipinski definition) is 10. The standard InChI is InChI=1S/C17H36N4O7SSi2/c1-8-15-19-16(29-12-10-14-31(26-5,27-6)28-7)20-21(15)17(22)18-11-9-13-30(23-2,24-3)25-4/h8-14H2,1-7H3,(H,18,22). The van der Waals surface area contributed by atoms with Crippen LogP contribution in [-0.2, 0) is 33.0 Å². The number of carbonyl (C=O) groups excluding carboxylic acids is 1. The van der Waals surface area contributed by atoms with E-state index < -0.39 is 17.6 Å². The van der Waals surface area contributed by atoms with E-state index in [1.165, 1.54) is 16.4 Å². The summed E-state index contributed by atoms with van der Waals surface area (Å²) < 4.78 is 33.8. The summed E-state index contributed by atoms with van der Waals surface area (Å²) >= 11 is 1.49. The van der Waals surface area contributed by atoms with Gasteiger partial charge in [0.05, 0.1) is 0 Å². The predicted molar refractivity (Wildman–Crippen MR) is 121 cm³/mol. The molecule has 11 nitrogen and oxygen atoms in total. The maximum absolute atomic E-state index is 12.6. The molecule has 31 heavy (non-hydrogen) atoms. The van der Waals surface area contributed by atoms with Crippen LogP contribution < -0.4 is 5.32 Å². The lowest BCUT2D eigenvalue weighted by Crippen LogP contribution is -2.43. The molecule has 0 spiro atoms. The fourth-order valence-corrected chi connectivity index (χ4v) is 7.40. The number of amides is 1. The van der Waals surface area contributed by atoms with Crippen molar-refractivity contribution >= 4 is 35.4 Å². The van der Waals surface area contributed by atoms with Gasteiger partial charge in [-0.2, -0.15) is 4.68 Å². The summed E-state index contributed by atoms with van der Waals surface area (Å²) in [6.45, 7) is 2.39. The van der Waals surface area contributed by atoms with Crippen LogP contribution in [0.1, 0.15) is 25.6 Å². The predicted octanol–water partition coefficient (Wildman–Crippen LogP) is 2.03. The van der Waals surface area contributed by atoms with Crippen molar-refractivity contribution in [2.75, 3.05) is 55.0 Å². The SMILES string of the molecule is CCc1nc(SCCC[Si](OC)(OC)OC)nn1C(=O)NCCC[Si](OC)(OC)OC. The summed E-state index contributed by atoms with van der Waals surface area (Å²) in [5.74, 6) is 1.38. The third kappa shape index (κ3) is 8.21. The molecule has 0 unspecified atom stereocenters. The normalized spacial score (nSPS) is 12.4. The third-order valence-electron chi connectivity index (χ3n) is 4.82. The number of rotatable bonds is 16. The first kappa shape index (κ1) is 28.2. The molecule has 1 heterocycles. The fourth-order valence-electron chi connectivity index (χ4n) is 2.92. The quantitative estimate of drug-likeness (QED) is 0.207. The van der Waals surface area contributed by atoms with Crippen molar-refractivity contribution in [3.05, 3.63) is 5.82 Å². The Morgan fingerprint density at radius 3 is 1.94 bits per heavy atom. The van der Waals surface area contributed by atoms with Gasteiger partial charge in [0.15, 0.2) is 0 Å². The smallest absolute Gasteiger partial charge is 0.377 e. The van der Waals surface area contributed by atoms with Gasteiger partial charge < -0.3 is 31.9 Å². The second kappa shape index (κ2) is 14.3. The molecule has 1 aromatic rings. The minimum absolute atomic E-state index is 0.305. The summed E-state index contributed by atoms with van der Waals surface area (Å²) in [4.78, 5) is 17.0. The molecule has 0 fully saturated rings. The lowest BCUT2D eigenvalue weighted by Gasteiger charge is -2.24. The molecule has 0 saturated heterocycles. The number of hydrogen-bond donors (Lipinski definition) is 1. The Balaban J connectivity index is 2.56. The molecular formula is C17H36N4O7SSi2. The number of nitrogens with one attached hydrogen (secondary N) is 1. The van der Waals surface area contributed by atoms with Crippen LogP contribution in [0.25, 0.3) is 0 Å². The van der Waals surface area contributed by atoms with Gasteiger partial charge in [0.1, 0.15) is 5.82 Å². The molecule has 0 bridgehead atoms. The van der Waals surface area contributed by atoms with Crippen molar-refractivity contribution in [3.8, 4) is 0 Å². The van der Waals surface area contributed by atoms with Crippen LogP contribution in [0.3, 0.4) is 0 Å². The monoisotopic (exact) mass is 496 g/mol. The maximum Gasteiger partial charge on any atom is 0.500 e. The van der Waals surface area contributed by atoms with Gasteiger partial charge in [-0.15, -0.1) is 5.10 Å². The minimum Gasteiger partial charge on any atom is -0.377 e. The van der Waals surface area contributed by atoms with Crippen LogP contribution in [-0.4, -0.2) is 93.4 Å². The molecule has 0 saturated carbocycles. The Hall–Kier alpha value is -0.846. The lowest BCUT2D eigenvalue weighted by atomic mass is 10.4. The average Bonchev–Trinajstić information content (AvgIpc) is 3.23. The first-order valence-corrected chi connectivity index (χ1v) is 14.9. The molecule has 0 aliphatic heterocycles. The van der Waals surface area contributed by atoms with Crippen molar-refractivity contribution in [3.63, 3.8) is 0 Å². The lowest BCUT2D eigenvalue weighted by molar-refractivity contribution is 0.122. The highest BCUT2D eigenvalue weighted by Gasteiger charge is 2.37. The van der Waals surface area contributed by atoms with Crippen molar-refractivity contribution in [1.29, 1.82) is 0 Å². The van der Waals surface area contributed by atoms with Crippen LogP contribution in [0.15, 0.2) is 5.16 Å². The molecule has 0 radical (unpaired) electrons. The van der Waals surface area contributed by atoms with Gasteiger partial charge in [-0.1, -0.05) is 18.7 Å². The van der Waals surface area contributed by atoms with Crippen LogP contribution in [0.5, 0.6) is 0 Å². The Bertz CT molecular complexity index is 644. The highest BCUT2D eigenvalue weighted by molar-refractivity contribution is 7.99. The zero-order chi connectivity index (χ0) is 23.3. The molecule has 180 valence electrons. The molecule has 0 aromatic carbocycles. The van der Waals surface area contributed by atoms with Crippen LogP contribution in [0.4, 0.5) is 4.79 Å². The molecule has 0 aliphatic carbocycles. The van der Waals surface area contributed by atoms with Gasteiger partial charge in [0.2, 0.25) is 5.16 Å². The molecule has 0 atom stereocenters. The second-order valence-corrected chi connectivity index (χ2v) is 13.7. The van der Waals surface area contributed by atoms with Crippen LogP contribution in [0, 0.1) is 0 Å². The fraction of sp³-hybridized carbons (Fsp3) is 0.824. The molecule has 14 heteroatoms. The van der Waals surface area contributed by atoms with Crippen LogP contribution >= 0.6 is 11.8 Å². The minimum atomic E-state index is -2.64. The maximum atomic E-state index is 12.6. The Morgan fingerprint density at radius 1 is 0.935 bits per heavy atom. The number of carbonyl (C=O) groups is 1. The molecule has 1 N–H and O–H groups in total. The zero-order valence-corrected chi connectivity index (χ0v) is 22.4. The average molecular weight is 497 g/mol. The van der Waals surface area contributed by atoms with Crippen LogP contribution in [0.2, 0.25) is 12.1 Å². The topological polar surface area (TPSA) is 115 Å². The highest BCUT2D eigenvalue weighted by atomic mass is 32.2.